The summed E-state index contributed by atoms with van der Waals surface area (Å²) in [5, 5.41) is 2.78. The molecule has 3 amide bonds. The Labute approximate surface area is 217 Å². The van der Waals surface area contributed by atoms with E-state index in [1.807, 2.05) is 29.2 Å². The normalized spacial score (nSPS) is 16.1. The summed E-state index contributed by atoms with van der Waals surface area (Å²) in [6, 6.07) is 13.8. The molecule has 2 heterocycles. The summed E-state index contributed by atoms with van der Waals surface area (Å²) < 4.78 is 31.2. The van der Waals surface area contributed by atoms with Crippen molar-refractivity contribution < 1.29 is 27.5 Å². The molecule has 2 fully saturated rings. The Bertz CT molecular complexity index is 1240. The molecule has 0 aromatic heterocycles. The molecule has 2 aliphatic heterocycles. The molecular weight excluding hydrogens is 496 g/mol. The first kappa shape index (κ1) is 26.6. The highest BCUT2D eigenvalue weighted by molar-refractivity contribution is 7.92. The van der Waals surface area contributed by atoms with Crippen LogP contribution in [0.2, 0.25) is 0 Å². The second-order valence-electron chi connectivity index (χ2n) is 9.24. The Balaban J connectivity index is 1.36. The first-order valence-electron chi connectivity index (χ1n) is 12.3. The lowest BCUT2D eigenvalue weighted by Gasteiger charge is -2.27. The second kappa shape index (κ2) is 11.7. The molecule has 11 heteroatoms. The number of anilines is 1. The monoisotopic (exact) mass is 528 g/mol. The fourth-order valence-electron chi connectivity index (χ4n) is 4.44. The number of likely N-dealkylation sites (tertiary alicyclic amines) is 1. The number of nitrogens with one attached hydrogen (secondary N) is 1. The predicted octanol–water partition coefficient (Wildman–Crippen LogP) is 1.36. The Kier molecular flexibility index (Phi) is 8.45. The fraction of sp³-hybridized carbons (Fsp3) is 0.423. The van der Waals surface area contributed by atoms with Crippen molar-refractivity contribution in [2.75, 3.05) is 50.0 Å². The number of nitrogens with zero attached hydrogens (tertiary/aromatic N) is 3. The molecule has 0 unspecified atom stereocenters. The lowest BCUT2D eigenvalue weighted by Crippen LogP contribution is -2.41. The van der Waals surface area contributed by atoms with E-state index in [4.69, 9.17) is 4.74 Å². The Morgan fingerprint density at radius 2 is 1.73 bits per heavy atom. The fourth-order valence-corrected chi connectivity index (χ4v) is 5.29. The third kappa shape index (κ3) is 7.07. The molecule has 10 nitrogen and oxygen atoms in total. The summed E-state index contributed by atoms with van der Waals surface area (Å²) in [5.74, 6) is -0.452. The number of carbonyl (C=O) groups excluding carboxylic acids is 3. The highest BCUT2D eigenvalue weighted by atomic mass is 32.2. The summed E-state index contributed by atoms with van der Waals surface area (Å²) in [6.07, 6.45) is 2.49. The van der Waals surface area contributed by atoms with E-state index < -0.39 is 22.5 Å². The van der Waals surface area contributed by atoms with Crippen molar-refractivity contribution in [3.05, 3.63) is 65.2 Å². The van der Waals surface area contributed by atoms with Crippen molar-refractivity contribution in [2.45, 2.75) is 25.9 Å². The third-order valence-electron chi connectivity index (χ3n) is 6.41. The first-order valence-corrected chi connectivity index (χ1v) is 14.1. The van der Waals surface area contributed by atoms with Gasteiger partial charge >= 0.3 is 0 Å². The van der Waals surface area contributed by atoms with E-state index >= 15 is 0 Å². The molecule has 2 aliphatic rings. The van der Waals surface area contributed by atoms with Crippen molar-refractivity contribution in [3.63, 3.8) is 0 Å². The number of benzene rings is 2. The third-order valence-corrected chi connectivity index (χ3v) is 7.55. The molecule has 37 heavy (non-hydrogen) atoms. The van der Waals surface area contributed by atoms with Crippen LogP contribution in [0.3, 0.4) is 0 Å². The summed E-state index contributed by atoms with van der Waals surface area (Å²) in [7, 11) is -3.75. The SMILES string of the molecule is CS(=O)(=O)N(CC(=O)NCc1cccc(CN2CCCC2=O)c1)c1ccc(C(=O)N2CCOCC2)cc1. The van der Waals surface area contributed by atoms with Gasteiger partial charge in [0.1, 0.15) is 6.54 Å². The zero-order valence-corrected chi connectivity index (χ0v) is 21.7. The van der Waals surface area contributed by atoms with Crippen molar-refractivity contribution in [1.29, 1.82) is 0 Å². The number of carbonyl (C=O) groups is 3. The van der Waals surface area contributed by atoms with E-state index in [2.05, 4.69) is 5.32 Å². The molecule has 0 radical (unpaired) electrons. The van der Waals surface area contributed by atoms with Gasteiger partial charge in [-0.1, -0.05) is 24.3 Å². The van der Waals surface area contributed by atoms with Crippen LogP contribution in [0.1, 0.15) is 34.3 Å². The Morgan fingerprint density at radius 1 is 1.03 bits per heavy atom. The first-order chi connectivity index (χ1) is 17.7. The average molecular weight is 529 g/mol. The molecule has 4 rings (SSSR count). The number of hydrogen-bond donors (Lipinski definition) is 1. The zero-order valence-electron chi connectivity index (χ0n) is 20.9. The lowest BCUT2D eigenvalue weighted by molar-refractivity contribution is -0.128. The van der Waals surface area contributed by atoms with Gasteiger partial charge in [0, 0.05) is 44.7 Å². The molecule has 2 saturated heterocycles. The molecular formula is C26H32N4O6S. The average Bonchev–Trinajstić information content (AvgIpc) is 3.30. The Morgan fingerprint density at radius 3 is 2.38 bits per heavy atom. The van der Waals surface area contributed by atoms with E-state index in [1.54, 1.807) is 17.0 Å². The van der Waals surface area contributed by atoms with Crippen LogP contribution in [0, 0.1) is 0 Å². The largest absolute Gasteiger partial charge is 0.378 e. The standard InChI is InChI=1S/C26H32N4O6S/c1-37(34,35)30(23-9-7-22(8-10-23)26(33)28-12-14-36-15-13-28)19-24(31)27-17-20-4-2-5-21(16-20)18-29-11-3-6-25(29)32/h2,4-5,7-10,16H,3,6,11-15,17-19H2,1H3,(H,27,31). The molecule has 0 saturated carbocycles. The van der Waals surface area contributed by atoms with Crippen LogP contribution in [-0.4, -0.2) is 81.6 Å². The molecule has 0 aliphatic carbocycles. The van der Waals surface area contributed by atoms with Gasteiger partial charge < -0.3 is 19.9 Å². The van der Waals surface area contributed by atoms with Crippen molar-refractivity contribution >= 4 is 33.4 Å². The maximum absolute atomic E-state index is 12.7. The van der Waals surface area contributed by atoms with Crippen LogP contribution >= 0.6 is 0 Å². The number of ether oxygens (including phenoxy) is 1. The van der Waals surface area contributed by atoms with Crippen LogP contribution in [0.4, 0.5) is 5.69 Å². The zero-order chi connectivity index (χ0) is 26.4. The van der Waals surface area contributed by atoms with Gasteiger partial charge in [-0.3, -0.25) is 18.7 Å². The van der Waals surface area contributed by atoms with Gasteiger partial charge in [-0.15, -0.1) is 0 Å². The smallest absolute Gasteiger partial charge is 0.254 e. The summed E-state index contributed by atoms with van der Waals surface area (Å²) >= 11 is 0. The minimum Gasteiger partial charge on any atom is -0.378 e. The minimum atomic E-state index is -3.75. The van der Waals surface area contributed by atoms with Gasteiger partial charge in [0.25, 0.3) is 5.91 Å². The lowest BCUT2D eigenvalue weighted by atomic mass is 10.1. The molecule has 198 valence electrons. The number of hydrogen-bond acceptors (Lipinski definition) is 6. The number of sulfonamides is 1. The van der Waals surface area contributed by atoms with Gasteiger partial charge in [0.2, 0.25) is 21.8 Å². The molecule has 1 N–H and O–H groups in total. The Hall–Kier alpha value is -3.44. The minimum absolute atomic E-state index is 0.144. The van der Waals surface area contributed by atoms with E-state index in [0.29, 0.717) is 50.5 Å². The van der Waals surface area contributed by atoms with Crippen LogP contribution < -0.4 is 9.62 Å². The number of amides is 3. The van der Waals surface area contributed by atoms with E-state index in [9.17, 15) is 22.8 Å². The molecule has 0 bridgehead atoms. The molecule has 0 atom stereocenters. The quantitative estimate of drug-likeness (QED) is 0.526. The molecule has 2 aromatic rings. The van der Waals surface area contributed by atoms with Crippen molar-refractivity contribution in [2.24, 2.45) is 0 Å². The van der Waals surface area contributed by atoms with E-state index in [-0.39, 0.29) is 18.4 Å². The molecule has 2 aromatic carbocycles. The summed E-state index contributed by atoms with van der Waals surface area (Å²) in [6.45, 7) is 3.12. The van der Waals surface area contributed by atoms with Gasteiger partial charge in [-0.05, 0) is 41.8 Å². The molecule has 0 spiro atoms. The second-order valence-corrected chi connectivity index (χ2v) is 11.1. The van der Waals surface area contributed by atoms with Crippen LogP contribution in [0.5, 0.6) is 0 Å². The number of morpholine rings is 1. The maximum atomic E-state index is 12.7. The van der Waals surface area contributed by atoms with E-state index in [1.165, 1.54) is 12.1 Å². The van der Waals surface area contributed by atoms with Crippen LogP contribution in [0.25, 0.3) is 0 Å². The van der Waals surface area contributed by atoms with Gasteiger partial charge in [-0.25, -0.2) is 8.42 Å². The van der Waals surface area contributed by atoms with Gasteiger partial charge in [0.15, 0.2) is 0 Å². The number of rotatable bonds is 9. The highest BCUT2D eigenvalue weighted by Crippen LogP contribution is 2.20. The van der Waals surface area contributed by atoms with Crippen LogP contribution in [-0.2, 0) is 37.4 Å². The predicted molar refractivity (Wildman–Crippen MR) is 138 cm³/mol. The van der Waals surface area contributed by atoms with E-state index in [0.717, 1.165) is 34.7 Å². The summed E-state index contributed by atoms with van der Waals surface area (Å²) in [4.78, 5) is 40.8. The topological polar surface area (TPSA) is 116 Å². The highest BCUT2D eigenvalue weighted by Gasteiger charge is 2.23. The van der Waals surface area contributed by atoms with Crippen molar-refractivity contribution in [1.82, 2.24) is 15.1 Å². The summed E-state index contributed by atoms with van der Waals surface area (Å²) in [5.41, 5.74) is 2.58. The van der Waals surface area contributed by atoms with Crippen LogP contribution in [0.15, 0.2) is 48.5 Å². The van der Waals surface area contributed by atoms with Crippen molar-refractivity contribution in [3.8, 4) is 0 Å². The van der Waals surface area contributed by atoms with Gasteiger partial charge in [-0.2, -0.15) is 0 Å². The van der Waals surface area contributed by atoms with Gasteiger partial charge in [0.05, 0.1) is 25.2 Å². The maximum Gasteiger partial charge on any atom is 0.254 e.